The average molecular weight is 268 g/mol. The predicted octanol–water partition coefficient (Wildman–Crippen LogP) is 2.50. The van der Waals surface area contributed by atoms with Crippen LogP contribution in [0.25, 0.3) is 0 Å². The summed E-state index contributed by atoms with van der Waals surface area (Å²) in [6.45, 7) is 5.88. The van der Waals surface area contributed by atoms with Crippen LogP contribution in [-0.2, 0) is 0 Å². The van der Waals surface area contributed by atoms with Crippen molar-refractivity contribution in [3.8, 4) is 0 Å². The van der Waals surface area contributed by atoms with Gasteiger partial charge in [-0.3, -0.25) is 10.6 Å². The molecule has 5 heteroatoms. The molecule has 1 aromatic carbocycles. The molecular formula is C13H18ClN3O. The van der Waals surface area contributed by atoms with Crippen LogP contribution in [0.2, 0.25) is 5.02 Å². The zero-order chi connectivity index (χ0) is 13.3. The maximum absolute atomic E-state index is 12.4. The molecule has 1 heterocycles. The molecule has 0 bridgehead atoms. The number of nitrogen functional groups attached to an aromatic ring is 1. The van der Waals surface area contributed by atoms with Crippen molar-refractivity contribution in [2.45, 2.75) is 20.3 Å². The highest BCUT2D eigenvalue weighted by Crippen LogP contribution is 2.31. The van der Waals surface area contributed by atoms with Crippen LogP contribution in [0.4, 0.5) is 5.69 Å². The van der Waals surface area contributed by atoms with E-state index in [1.54, 1.807) is 18.2 Å². The van der Waals surface area contributed by atoms with E-state index in [9.17, 15) is 4.79 Å². The van der Waals surface area contributed by atoms with E-state index >= 15 is 0 Å². The van der Waals surface area contributed by atoms with Gasteiger partial charge in [-0.2, -0.15) is 0 Å². The Labute approximate surface area is 112 Å². The van der Waals surface area contributed by atoms with Gasteiger partial charge in [-0.05, 0) is 30.0 Å². The molecule has 0 radical (unpaired) electrons. The maximum atomic E-state index is 12.4. The Morgan fingerprint density at radius 1 is 1.50 bits per heavy atom. The third-order valence-electron chi connectivity index (χ3n) is 3.33. The minimum Gasteiger partial charge on any atom is -0.338 e. The highest BCUT2D eigenvalue weighted by molar-refractivity contribution is 6.31. The summed E-state index contributed by atoms with van der Waals surface area (Å²) >= 11 is 5.94. The molecule has 1 fully saturated rings. The Hall–Kier alpha value is -1.26. The Bertz CT molecular complexity index is 473. The number of nitrogens with one attached hydrogen (secondary N) is 1. The molecule has 2 rings (SSSR count). The first-order valence-corrected chi connectivity index (χ1v) is 6.36. The molecule has 18 heavy (non-hydrogen) atoms. The second-order valence-corrected chi connectivity index (χ2v) is 5.91. The van der Waals surface area contributed by atoms with Crippen LogP contribution >= 0.6 is 11.6 Å². The number of nitrogens with zero attached hydrogens (tertiary/aromatic N) is 1. The topological polar surface area (TPSA) is 58.4 Å². The SMILES string of the molecule is CC1(C)CCN(C(=O)c2cc(Cl)ccc2NN)C1. The number of halogens is 1. The van der Waals surface area contributed by atoms with E-state index in [1.807, 2.05) is 4.90 Å². The first-order valence-electron chi connectivity index (χ1n) is 5.98. The number of hydrogen-bond donors (Lipinski definition) is 2. The molecule has 0 saturated carbocycles. The first-order chi connectivity index (χ1) is 8.43. The van der Waals surface area contributed by atoms with Gasteiger partial charge >= 0.3 is 0 Å². The van der Waals surface area contributed by atoms with Crippen molar-refractivity contribution in [1.82, 2.24) is 4.90 Å². The number of carbonyl (C=O) groups excluding carboxylic acids is 1. The third-order valence-corrected chi connectivity index (χ3v) is 3.57. The number of likely N-dealkylation sites (tertiary alicyclic amines) is 1. The molecule has 1 aromatic rings. The van der Waals surface area contributed by atoms with Gasteiger partial charge in [0.1, 0.15) is 0 Å². The highest BCUT2D eigenvalue weighted by atomic mass is 35.5. The Morgan fingerprint density at radius 2 is 2.22 bits per heavy atom. The second kappa shape index (κ2) is 4.78. The van der Waals surface area contributed by atoms with Crippen molar-refractivity contribution in [3.05, 3.63) is 28.8 Å². The van der Waals surface area contributed by atoms with E-state index in [0.29, 0.717) is 16.3 Å². The summed E-state index contributed by atoms with van der Waals surface area (Å²) in [6, 6.07) is 5.09. The molecule has 0 aliphatic carbocycles. The van der Waals surface area contributed by atoms with Gasteiger partial charge in [-0.15, -0.1) is 0 Å². The van der Waals surface area contributed by atoms with Gasteiger partial charge in [0.2, 0.25) is 0 Å². The summed E-state index contributed by atoms with van der Waals surface area (Å²) in [5.74, 6) is 5.41. The van der Waals surface area contributed by atoms with E-state index in [1.165, 1.54) is 0 Å². The van der Waals surface area contributed by atoms with Crippen molar-refractivity contribution in [1.29, 1.82) is 0 Å². The summed E-state index contributed by atoms with van der Waals surface area (Å²) < 4.78 is 0. The largest absolute Gasteiger partial charge is 0.338 e. The standard InChI is InChI=1S/C13H18ClN3O/c1-13(2)5-6-17(8-13)12(18)10-7-9(14)3-4-11(10)16-15/h3-4,7,16H,5-6,8,15H2,1-2H3. The van der Waals surface area contributed by atoms with Crippen LogP contribution in [0.5, 0.6) is 0 Å². The molecule has 0 unspecified atom stereocenters. The summed E-state index contributed by atoms with van der Waals surface area (Å²) in [7, 11) is 0. The van der Waals surface area contributed by atoms with Gasteiger partial charge in [0.25, 0.3) is 5.91 Å². The summed E-state index contributed by atoms with van der Waals surface area (Å²) in [5, 5.41) is 0.538. The van der Waals surface area contributed by atoms with Crippen molar-refractivity contribution < 1.29 is 4.79 Å². The van der Waals surface area contributed by atoms with Gasteiger partial charge in [0, 0.05) is 18.1 Å². The van der Waals surface area contributed by atoms with E-state index in [2.05, 4.69) is 19.3 Å². The zero-order valence-corrected chi connectivity index (χ0v) is 11.4. The number of rotatable bonds is 2. The number of nitrogens with two attached hydrogens (primary N) is 1. The van der Waals surface area contributed by atoms with Crippen LogP contribution in [-0.4, -0.2) is 23.9 Å². The summed E-state index contributed by atoms with van der Waals surface area (Å²) in [6.07, 6.45) is 1.02. The minimum atomic E-state index is -0.0176. The second-order valence-electron chi connectivity index (χ2n) is 5.48. The fourth-order valence-electron chi connectivity index (χ4n) is 2.28. The molecule has 1 aliphatic heterocycles. The number of benzene rings is 1. The molecule has 0 atom stereocenters. The van der Waals surface area contributed by atoms with Crippen LogP contribution in [0.3, 0.4) is 0 Å². The molecule has 0 spiro atoms. The van der Waals surface area contributed by atoms with E-state index in [-0.39, 0.29) is 11.3 Å². The molecule has 1 amide bonds. The van der Waals surface area contributed by atoms with Gasteiger partial charge in [-0.25, -0.2) is 0 Å². The van der Waals surface area contributed by atoms with Gasteiger partial charge in [-0.1, -0.05) is 25.4 Å². The fourth-order valence-corrected chi connectivity index (χ4v) is 2.45. The van der Waals surface area contributed by atoms with Crippen LogP contribution in [0, 0.1) is 5.41 Å². The van der Waals surface area contributed by atoms with Gasteiger partial charge < -0.3 is 10.3 Å². The molecule has 0 aromatic heterocycles. The lowest BCUT2D eigenvalue weighted by Crippen LogP contribution is -2.31. The van der Waals surface area contributed by atoms with Crippen LogP contribution in [0.1, 0.15) is 30.6 Å². The van der Waals surface area contributed by atoms with E-state index < -0.39 is 0 Å². The number of hydrazine groups is 1. The summed E-state index contributed by atoms with van der Waals surface area (Å²) in [4.78, 5) is 14.3. The highest BCUT2D eigenvalue weighted by Gasteiger charge is 2.33. The maximum Gasteiger partial charge on any atom is 0.256 e. The van der Waals surface area contributed by atoms with Crippen LogP contribution in [0.15, 0.2) is 18.2 Å². The van der Waals surface area contributed by atoms with Crippen molar-refractivity contribution in [2.75, 3.05) is 18.5 Å². The normalized spacial score (nSPS) is 17.9. The Balaban J connectivity index is 2.26. The van der Waals surface area contributed by atoms with Gasteiger partial charge in [0.05, 0.1) is 11.3 Å². The molecule has 3 N–H and O–H groups in total. The number of amides is 1. The third kappa shape index (κ3) is 2.60. The number of hydrogen-bond acceptors (Lipinski definition) is 3. The lowest BCUT2D eigenvalue weighted by Gasteiger charge is -2.21. The van der Waals surface area contributed by atoms with E-state index in [4.69, 9.17) is 17.4 Å². The van der Waals surface area contributed by atoms with Gasteiger partial charge in [0.15, 0.2) is 0 Å². The van der Waals surface area contributed by atoms with Crippen LogP contribution < -0.4 is 11.3 Å². The average Bonchev–Trinajstić information content (AvgIpc) is 2.68. The van der Waals surface area contributed by atoms with Crippen molar-refractivity contribution >= 4 is 23.2 Å². The molecule has 1 aliphatic rings. The predicted molar refractivity (Wildman–Crippen MR) is 73.6 cm³/mol. The fraction of sp³-hybridized carbons (Fsp3) is 0.462. The molecule has 98 valence electrons. The molecular weight excluding hydrogens is 250 g/mol. The Kier molecular flexibility index (Phi) is 3.50. The summed E-state index contributed by atoms with van der Waals surface area (Å²) in [5.41, 5.74) is 3.86. The Morgan fingerprint density at radius 3 is 2.78 bits per heavy atom. The monoisotopic (exact) mass is 267 g/mol. The zero-order valence-electron chi connectivity index (χ0n) is 10.7. The lowest BCUT2D eigenvalue weighted by atomic mass is 9.93. The number of carbonyl (C=O) groups is 1. The quantitative estimate of drug-likeness (QED) is 0.639. The molecule has 4 nitrogen and oxygen atoms in total. The van der Waals surface area contributed by atoms with Crippen molar-refractivity contribution in [2.24, 2.45) is 11.3 Å². The van der Waals surface area contributed by atoms with E-state index in [0.717, 1.165) is 19.5 Å². The smallest absolute Gasteiger partial charge is 0.256 e. The lowest BCUT2D eigenvalue weighted by molar-refractivity contribution is 0.0779. The number of anilines is 1. The minimum absolute atomic E-state index is 0.0176. The molecule has 1 saturated heterocycles. The first kappa shape index (κ1) is 13.2. The van der Waals surface area contributed by atoms with Crippen molar-refractivity contribution in [3.63, 3.8) is 0 Å².